The molecule has 1 atom stereocenters. The average Bonchev–Trinajstić information content (AvgIpc) is 2.67. The molecular weight excluding hydrogens is 332 g/mol. The van der Waals surface area contributed by atoms with Gasteiger partial charge in [-0.2, -0.15) is 0 Å². The van der Waals surface area contributed by atoms with E-state index in [1.54, 1.807) is 36.4 Å². The van der Waals surface area contributed by atoms with Gasteiger partial charge in [-0.1, -0.05) is 12.1 Å². The molecule has 1 aromatic heterocycles. The third kappa shape index (κ3) is 3.46. The summed E-state index contributed by atoms with van der Waals surface area (Å²) in [6.07, 6.45) is 3.13. The van der Waals surface area contributed by atoms with E-state index < -0.39 is 0 Å². The number of methoxy groups -OCH3 is 1. The summed E-state index contributed by atoms with van der Waals surface area (Å²) in [5, 5.41) is 0. The summed E-state index contributed by atoms with van der Waals surface area (Å²) < 4.78 is 5.33. The van der Waals surface area contributed by atoms with Gasteiger partial charge in [0.1, 0.15) is 5.69 Å². The van der Waals surface area contributed by atoms with E-state index in [1.807, 2.05) is 12.1 Å². The lowest BCUT2D eigenvalue weighted by molar-refractivity contribution is -0.123. The largest absolute Gasteiger partial charge is 0.492 e. The first-order chi connectivity index (χ1) is 12.5. The van der Waals surface area contributed by atoms with Gasteiger partial charge in [-0.05, 0) is 31.0 Å². The number of pyridine rings is 1. The van der Waals surface area contributed by atoms with Crippen LogP contribution in [0.1, 0.15) is 23.2 Å². The van der Waals surface area contributed by atoms with Crippen molar-refractivity contribution >= 4 is 17.5 Å². The summed E-state index contributed by atoms with van der Waals surface area (Å²) >= 11 is 0. The highest BCUT2D eigenvalue weighted by Gasteiger charge is 2.27. The van der Waals surface area contributed by atoms with Crippen molar-refractivity contribution in [1.82, 2.24) is 9.88 Å². The number of hydrogen-bond donors (Lipinski definition) is 2. The molecular formula is C19H22N4O3. The number of nitrogens with zero attached hydrogens (tertiary/aromatic N) is 2. The van der Waals surface area contributed by atoms with E-state index in [9.17, 15) is 9.59 Å². The predicted octanol–water partition coefficient (Wildman–Crippen LogP) is 1.68. The Labute approximate surface area is 151 Å². The molecule has 0 aliphatic carbocycles. The third-order valence-corrected chi connectivity index (χ3v) is 4.66. The topological polar surface area (TPSA) is 112 Å². The van der Waals surface area contributed by atoms with Crippen LogP contribution in [0.4, 0.5) is 5.69 Å². The van der Waals surface area contributed by atoms with E-state index >= 15 is 0 Å². The highest BCUT2D eigenvalue weighted by atomic mass is 16.5. The Bertz CT molecular complexity index is 820. The first-order valence-electron chi connectivity index (χ1n) is 8.48. The summed E-state index contributed by atoms with van der Waals surface area (Å²) in [4.78, 5) is 30.1. The van der Waals surface area contributed by atoms with Gasteiger partial charge in [-0.3, -0.25) is 14.6 Å². The molecule has 1 aliphatic rings. The molecule has 0 unspecified atom stereocenters. The number of carbonyl (C=O) groups is 2. The van der Waals surface area contributed by atoms with Crippen LogP contribution in [-0.4, -0.2) is 41.9 Å². The maximum atomic E-state index is 12.7. The zero-order chi connectivity index (χ0) is 18.7. The second kappa shape index (κ2) is 7.43. The minimum Gasteiger partial charge on any atom is -0.492 e. The number of carbonyl (C=O) groups excluding carboxylic acids is 2. The molecule has 7 heteroatoms. The number of nitrogen functional groups attached to an aromatic ring is 1. The van der Waals surface area contributed by atoms with Crippen molar-refractivity contribution in [2.45, 2.75) is 12.8 Å². The fourth-order valence-electron chi connectivity index (χ4n) is 3.23. The van der Waals surface area contributed by atoms with Crippen molar-refractivity contribution in [2.75, 3.05) is 25.9 Å². The number of anilines is 1. The van der Waals surface area contributed by atoms with Gasteiger partial charge in [0.15, 0.2) is 5.75 Å². The Kier molecular flexibility index (Phi) is 5.06. The van der Waals surface area contributed by atoms with E-state index in [-0.39, 0.29) is 17.7 Å². The lowest BCUT2D eigenvalue weighted by Gasteiger charge is -2.31. The molecule has 1 aromatic carbocycles. The van der Waals surface area contributed by atoms with E-state index in [2.05, 4.69) is 4.98 Å². The lowest BCUT2D eigenvalue weighted by Crippen LogP contribution is -2.44. The minimum atomic E-state index is -0.349. The Morgan fingerprint density at radius 2 is 1.96 bits per heavy atom. The number of hydrogen-bond acceptors (Lipinski definition) is 5. The number of amides is 2. The van der Waals surface area contributed by atoms with Gasteiger partial charge < -0.3 is 21.1 Å². The van der Waals surface area contributed by atoms with Crippen LogP contribution in [0.25, 0.3) is 11.3 Å². The third-order valence-electron chi connectivity index (χ3n) is 4.66. The lowest BCUT2D eigenvalue weighted by atomic mass is 9.96. The molecule has 0 saturated carbocycles. The molecule has 1 aliphatic heterocycles. The summed E-state index contributed by atoms with van der Waals surface area (Å²) in [6, 6.07) is 8.79. The van der Waals surface area contributed by atoms with Gasteiger partial charge in [0.2, 0.25) is 5.91 Å². The number of nitrogens with two attached hydrogens (primary N) is 2. The van der Waals surface area contributed by atoms with Gasteiger partial charge in [0, 0.05) is 30.4 Å². The smallest absolute Gasteiger partial charge is 0.253 e. The van der Waals surface area contributed by atoms with Crippen LogP contribution in [0, 0.1) is 5.92 Å². The van der Waals surface area contributed by atoms with Crippen molar-refractivity contribution in [1.29, 1.82) is 0 Å². The Balaban J connectivity index is 1.81. The fourth-order valence-corrected chi connectivity index (χ4v) is 3.23. The molecule has 2 amide bonds. The van der Waals surface area contributed by atoms with Crippen molar-refractivity contribution in [3.63, 3.8) is 0 Å². The highest BCUT2D eigenvalue weighted by Crippen LogP contribution is 2.32. The minimum absolute atomic E-state index is 0.102. The molecule has 3 rings (SSSR count). The molecule has 1 saturated heterocycles. The highest BCUT2D eigenvalue weighted by molar-refractivity contribution is 5.95. The summed E-state index contributed by atoms with van der Waals surface area (Å²) in [7, 11) is 1.54. The number of likely N-dealkylation sites (tertiary alicyclic amines) is 1. The summed E-state index contributed by atoms with van der Waals surface area (Å²) in [6.45, 7) is 1.01. The van der Waals surface area contributed by atoms with Gasteiger partial charge in [0.05, 0.1) is 18.7 Å². The second-order valence-corrected chi connectivity index (χ2v) is 6.35. The van der Waals surface area contributed by atoms with Crippen LogP contribution in [0.5, 0.6) is 5.75 Å². The van der Waals surface area contributed by atoms with Gasteiger partial charge >= 0.3 is 0 Å². The average molecular weight is 354 g/mol. The number of ether oxygens (including phenoxy) is 1. The molecule has 136 valence electrons. The van der Waals surface area contributed by atoms with E-state index in [4.69, 9.17) is 16.2 Å². The van der Waals surface area contributed by atoms with Crippen LogP contribution < -0.4 is 16.2 Å². The number of piperidine rings is 1. The first kappa shape index (κ1) is 17.7. The van der Waals surface area contributed by atoms with E-state index in [0.717, 1.165) is 18.4 Å². The Morgan fingerprint density at radius 3 is 2.62 bits per heavy atom. The van der Waals surface area contributed by atoms with Crippen molar-refractivity contribution in [2.24, 2.45) is 11.7 Å². The molecule has 1 fully saturated rings. The molecule has 2 aromatic rings. The standard InChI is InChI=1S/C19H22N4O3/c1-26-17-15(20)8-9-22-16(17)12-4-6-13(7-5-12)19(25)23-10-2-3-14(11-23)18(21)24/h4-9,14H,2-3,10-11H2,1H3,(H2,20,22)(H2,21,24)/t14-/m1/s1. The zero-order valence-corrected chi connectivity index (χ0v) is 14.6. The maximum Gasteiger partial charge on any atom is 0.253 e. The second-order valence-electron chi connectivity index (χ2n) is 6.35. The number of rotatable bonds is 4. The predicted molar refractivity (Wildman–Crippen MR) is 98.5 cm³/mol. The van der Waals surface area contributed by atoms with Crippen LogP contribution in [0.15, 0.2) is 36.5 Å². The van der Waals surface area contributed by atoms with Gasteiger partial charge in [-0.25, -0.2) is 0 Å². The monoisotopic (exact) mass is 354 g/mol. The summed E-state index contributed by atoms with van der Waals surface area (Å²) in [5.41, 5.74) is 13.8. The molecule has 0 spiro atoms. The van der Waals surface area contributed by atoms with Crippen LogP contribution in [0.3, 0.4) is 0 Å². The van der Waals surface area contributed by atoms with Crippen molar-refractivity contribution in [3.05, 3.63) is 42.1 Å². The number of primary amides is 1. The molecule has 0 bridgehead atoms. The van der Waals surface area contributed by atoms with Crippen molar-refractivity contribution in [3.8, 4) is 17.0 Å². The van der Waals surface area contributed by atoms with E-state index in [1.165, 1.54) is 0 Å². The number of aromatic nitrogens is 1. The SMILES string of the molecule is COc1c(N)ccnc1-c1ccc(C(=O)N2CCC[C@@H](C(N)=O)C2)cc1. The summed E-state index contributed by atoms with van der Waals surface area (Å²) in [5.74, 6) is -0.215. The Hall–Kier alpha value is -3.09. The van der Waals surface area contributed by atoms with Crippen LogP contribution in [0.2, 0.25) is 0 Å². The maximum absolute atomic E-state index is 12.7. The quantitative estimate of drug-likeness (QED) is 0.867. The van der Waals surface area contributed by atoms with Gasteiger partial charge in [-0.15, -0.1) is 0 Å². The molecule has 4 N–H and O–H groups in total. The molecule has 0 radical (unpaired) electrons. The van der Waals surface area contributed by atoms with Crippen LogP contribution >= 0.6 is 0 Å². The van der Waals surface area contributed by atoms with Crippen LogP contribution in [-0.2, 0) is 4.79 Å². The molecule has 7 nitrogen and oxygen atoms in total. The first-order valence-corrected chi connectivity index (χ1v) is 8.48. The fraction of sp³-hybridized carbons (Fsp3) is 0.316. The number of benzene rings is 1. The van der Waals surface area contributed by atoms with Crippen molar-refractivity contribution < 1.29 is 14.3 Å². The van der Waals surface area contributed by atoms with Gasteiger partial charge in [0.25, 0.3) is 5.91 Å². The van der Waals surface area contributed by atoms with E-state index in [0.29, 0.717) is 35.8 Å². The Morgan fingerprint density at radius 1 is 1.23 bits per heavy atom. The molecule has 26 heavy (non-hydrogen) atoms. The zero-order valence-electron chi connectivity index (χ0n) is 14.6. The normalized spacial score (nSPS) is 17.0. The molecule has 2 heterocycles.